The van der Waals surface area contributed by atoms with Gasteiger partial charge < -0.3 is 9.84 Å². The number of ether oxygens (including phenoxy) is 1. The van der Waals surface area contributed by atoms with Crippen molar-refractivity contribution < 1.29 is 19.4 Å². The molecule has 0 aromatic rings. The molecule has 17 heavy (non-hydrogen) atoms. The third-order valence-corrected chi connectivity index (χ3v) is 2.99. The van der Waals surface area contributed by atoms with E-state index in [1.807, 2.05) is 4.90 Å². The van der Waals surface area contributed by atoms with Gasteiger partial charge in [-0.15, -0.1) is 0 Å². The Bertz CT molecular complexity index is 267. The lowest BCUT2D eigenvalue weighted by Crippen LogP contribution is -2.44. The standard InChI is InChI=1S/C12H21NO4/c1-2-17-12(16)7-11(15)8-13-6-4-3-5-10(13)9-14/h10,14H,2-9H2,1H3. The first kappa shape index (κ1) is 14.1. The number of hydrogen-bond acceptors (Lipinski definition) is 5. The average molecular weight is 243 g/mol. The minimum atomic E-state index is -0.463. The van der Waals surface area contributed by atoms with Gasteiger partial charge in [0, 0.05) is 6.04 Å². The molecule has 0 spiro atoms. The molecule has 1 atom stereocenters. The lowest BCUT2D eigenvalue weighted by Gasteiger charge is -2.33. The number of carbonyl (C=O) groups is 2. The minimum absolute atomic E-state index is 0.0647. The normalized spacial score (nSPS) is 21.2. The molecule has 1 rings (SSSR count). The van der Waals surface area contributed by atoms with Crippen molar-refractivity contribution >= 4 is 11.8 Å². The Balaban J connectivity index is 2.35. The van der Waals surface area contributed by atoms with Gasteiger partial charge >= 0.3 is 5.97 Å². The third kappa shape index (κ3) is 4.83. The molecule has 1 aliphatic rings. The van der Waals surface area contributed by atoms with Crippen LogP contribution < -0.4 is 0 Å². The summed E-state index contributed by atoms with van der Waals surface area (Å²) >= 11 is 0. The predicted octanol–water partition coefficient (Wildman–Crippen LogP) is 0.355. The van der Waals surface area contributed by atoms with E-state index < -0.39 is 5.97 Å². The molecule has 98 valence electrons. The molecular weight excluding hydrogens is 222 g/mol. The number of esters is 1. The number of aliphatic hydroxyl groups is 1. The third-order valence-electron chi connectivity index (χ3n) is 2.99. The van der Waals surface area contributed by atoms with E-state index in [1.165, 1.54) is 0 Å². The van der Waals surface area contributed by atoms with Gasteiger partial charge in [-0.1, -0.05) is 6.42 Å². The van der Waals surface area contributed by atoms with Crippen LogP contribution in [0, 0.1) is 0 Å². The molecule has 1 aliphatic heterocycles. The highest BCUT2D eigenvalue weighted by molar-refractivity contribution is 5.96. The molecule has 1 heterocycles. The summed E-state index contributed by atoms with van der Waals surface area (Å²) in [6.07, 6.45) is 2.89. The van der Waals surface area contributed by atoms with Gasteiger partial charge in [0.15, 0.2) is 5.78 Å². The van der Waals surface area contributed by atoms with Crippen LogP contribution in [-0.4, -0.2) is 54.1 Å². The van der Waals surface area contributed by atoms with Crippen LogP contribution in [0.1, 0.15) is 32.6 Å². The second-order valence-corrected chi connectivity index (χ2v) is 4.32. The summed E-state index contributed by atoms with van der Waals surface area (Å²) < 4.78 is 4.73. The monoisotopic (exact) mass is 243 g/mol. The Morgan fingerprint density at radius 1 is 1.41 bits per heavy atom. The topological polar surface area (TPSA) is 66.8 Å². The first-order valence-electron chi connectivity index (χ1n) is 6.19. The van der Waals surface area contributed by atoms with Crippen LogP contribution in [0.15, 0.2) is 0 Å². The second kappa shape index (κ2) is 7.40. The van der Waals surface area contributed by atoms with Crippen LogP contribution in [0.2, 0.25) is 0 Å². The maximum absolute atomic E-state index is 11.6. The fourth-order valence-electron chi connectivity index (χ4n) is 2.13. The van der Waals surface area contributed by atoms with Crippen molar-refractivity contribution in [3.63, 3.8) is 0 Å². The summed E-state index contributed by atoms with van der Waals surface area (Å²) in [4.78, 5) is 24.7. The number of piperidine rings is 1. The number of likely N-dealkylation sites (tertiary alicyclic amines) is 1. The Hall–Kier alpha value is -0.940. The molecule has 0 amide bonds. The number of carbonyl (C=O) groups excluding carboxylic acids is 2. The Morgan fingerprint density at radius 2 is 2.18 bits per heavy atom. The summed E-state index contributed by atoms with van der Waals surface area (Å²) in [5.41, 5.74) is 0. The van der Waals surface area contributed by atoms with Crippen molar-refractivity contribution in [3.8, 4) is 0 Å². The maximum Gasteiger partial charge on any atom is 0.313 e. The highest BCUT2D eigenvalue weighted by Gasteiger charge is 2.24. The van der Waals surface area contributed by atoms with Crippen molar-refractivity contribution in [1.29, 1.82) is 0 Å². The summed E-state index contributed by atoms with van der Waals surface area (Å²) in [7, 11) is 0. The van der Waals surface area contributed by atoms with E-state index in [9.17, 15) is 14.7 Å². The van der Waals surface area contributed by atoms with Gasteiger partial charge in [0.05, 0.1) is 19.8 Å². The van der Waals surface area contributed by atoms with Gasteiger partial charge in [-0.25, -0.2) is 0 Å². The quantitative estimate of drug-likeness (QED) is 0.539. The fraction of sp³-hybridized carbons (Fsp3) is 0.833. The number of nitrogens with zero attached hydrogens (tertiary/aromatic N) is 1. The van der Waals surface area contributed by atoms with Crippen LogP contribution in [0.4, 0.5) is 0 Å². The van der Waals surface area contributed by atoms with Gasteiger partial charge in [0.25, 0.3) is 0 Å². The zero-order chi connectivity index (χ0) is 12.7. The summed E-state index contributed by atoms with van der Waals surface area (Å²) in [5, 5.41) is 9.20. The summed E-state index contributed by atoms with van der Waals surface area (Å²) in [6.45, 7) is 3.15. The minimum Gasteiger partial charge on any atom is -0.466 e. The average Bonchev–Trinajstić information content (AvgIpc) is 2.29. The van der Waals surface area contributed by atoms with Crippen LogP contribution >= 0.6 is 0 Å². The smallest absolute Gasteiger partial charge is 0.313 e. The summed E-state index contributed by atoms with van der Waals surface area (Å²) in [6, 6.07) is 0.0647. The zero-order valence-electron chi connectivity index (χ0n) is 10.4. The molecule has 5 nitrogen and oxygen atoms in total. The molecular formula is C12H21NO4. The molecule has 0 aromatic carbocycles. The van der Waals surface area contributed by atoms with Crippen LogP contribution in [0.25, 0.3) is 0 Å². The van der Waals surface area contributed by atoms with E-state index in [2.05, 4.69) is 0 Å². The molecule has 0 aromatic heterocycles. The van der Waals surface area contributed by atoms with E-state index in [4.69, 9.17) is 4.74 Å². The van der Waals surface area contributed by atoms with Crippen molar-refractivity contribution in [1.82, 2.24) is 4.90 Å². The van der Waals surface area contributed by atoms with E-state index in [0.717, 1.165) is 25.8 Å². The Kier molecular flexibility index (Phi) is 6.15. The molecule has 1 fully saturated rings. The number of aliphatic hydroxyl groups excluding tert-OH is 1. The van der Waals surface area contributed by atoms with Crippen molar-refractivity contribution in [3.05, 3.63) is 0 Å². The fourth-order valence-corrected chi connectivity index (χ4v) is 2.13. The largest absolute Gasteiger partial charge is 0.466 e. The van der Waals surface area contributed by atoms with Gasteiger partial charge in [-0.05, 0) is 26.3 Å². The molecule has 0 radical (unpaired) electrons. The highest BCUT2D eigenvalue weighted by atomic mass is 16.5. The van der Waals surface area contributed by atoms with Crippen LogP contribution in [-0.2, 0) is 14.3 Å². The first-order chi connectivity index (χ1) is 8.17. The van der Waals surface area contributed by atoms with Gasteiger partial charge in [0.2, 0.25) is 0 Å². The number of hydrogen-bond donors (Lipinski definition) is 1. The highest BCUT2D eigenvalue weighted by Crippen LogP contribution is 2.16. The first-order valence-corrected chi connectivity index (χ1v) is 6.19. The molecule has 5 heteroatoms. The van der Waals surface area contributed by atoms with Gasteiger partial charge in [-0.2, -0.15) is 0 Å². The molecule has 0 saturated carbocycles. The van der Waals surface area contributed by atoms with Gasteiger partial charge in [-0.3, -0.25) is 14.5 Å². The van der Waals surface area contributed by atoms with E-state index >= 15 is 0 Å². The van der Waals surface area contributed by atoms with E-state index in [0.29, 0.717) is 6.61 Å². The Morgan fingerprint density at radius 3 is 2.82 bits per heavy atom. The number of rotatable bonds is 6. The van der Waals surface area contributed by atoms with Crippen molar-refractivity contribution in [2.24, 2.45) is 0 Å². The number of Topliss-reactive ketones (excluding diaryl/α,β-unsaturated/α-hetero) is 1. The SMILES string of the molecule is CCOC(=O)CC(=O)CN1CCCCC1CO. The maximum atomic E-state index is 11.6. The van der Waals surface area contributed by atoms with Gasteiger partial charge in [0.1, 0.15) is 6.42 Å². The second-order valence-electron chi connectivity index (χ2n) is 4.32. The lowest BCUT2D eigenvalue weighted by molar-refractivity contribution is -0.145. The lowest BCUT2D eigenvalue weighted by atomic mass is 10.0. The molecule has 0 bridgehead atoms. The van der Waals surface area contributed by atoms with Crippen LogP contribution in [0.3, 0.4) is 0 Å². The number of ketones is 1. The molecule has 0 aliphatic carbocycles. The Labute approximate surface area is 102 Å². The van der Waals surface area contributed by atoms with Crippen LogP contribution in [0.5, 0.6) is 0 Å². The molecule has 1 N–H and O–H groups in total. The summed E-state index contributed by atoms with van der Waals surface area (Å²) in [5.74, 6) is -0.598. The predicted molar refractivity (Wildman–Crippen MR) is 62.6 cm³/mol. The molecule has 1 saturated heterocycles. The van der Waals surface area contributed by atoms with Crippen molar-refractivity contribution in [2.75, 3.05) is 26.3 Å². The van der Waals surface area contributed by atoms with E-state index in [1.54, 1.807) is 6.92 Å². The zero-order valence-corrected chi connectivity index (χ0v) is 10.4. The molecule has 1 unspecified atom stereocenters. The van der Waals surface area contributed by atoms with E-state index in [-0.39, 0.29) is 31.4 Å². The van der Waals surface area contributed by atoms with Crippen molar-refractivity contribution in [2.45, 2.75) is 38.6 Å².